The zero-order chi connectivity index (χ0) is 14.2. The summed E-state index contributed by atoms with van der Waals surface area (Å²) < 4.78 is 7.80. The Morgan fingerprint density at radius 3 is 3.05 bits per heavy atom. The van der Waals surface area contributed by atoms with Gasteiger partial charge < -0.3 is 10.1 Å². The Kier molecular flexibility index (Phi) is 6.54. The van der Waals surface area contributed by atoms with Crippen molar-refractivity contribution in [2.24, 2.45) is 0 Å². The molecule has 1 aliphatic rings. The van der Waals surface area contributed by atoms with E-state index in [1.807, 2.05) is 6.20 Å². The SMILES string of the molecule is CCCNC(CCC1CCCO1)c1cnn(CCC)c1. The van der Waals surface area contributed by atoms with Crippen LogP contribution >= 0.6 is 0 Å². The molecule has 2 rings (SSSR count). The van der Waals surface area contributed by atoms with Crippen LogP contribution in [0.25, 0.3) is 0 Å². The van der Waals surface area contributed by atoms with Crippen LogP contribution in [0.4, 0.5) is 0 Å². The summed E-state index contributed by atoms with van der Waals surface area (Å²) in [6, 6.07) is 0.421. The van der Waals surface area contributed by atoms with Gasteiger partial charge in [0.15, 0.2) is 0 Å². The number of nitrogens with zero attached hydrogens (tertiary/aromatic N) is 2. The number of ether oxygens (including phenoxy) is 1. The summed E-state index contributed by atoms with van der Waals surface area (Å²) in [5.74, 6) is 0. The normalized spacial score (nSPS) is 20.4. The monoisotopic (exact) mass is 279 g/mol. The Bertz CT molecular complexity index is 372. The van der Waals surface area contributed by atoms with Crippen molar-refractivity contribution in [3.63, 3.8) is 0 Å². The maximum absolute atomic E-state index is 5.74. The Labute approximate surface area is 122 Å². The molecule has 0 spiro atoms. The first-order valence-corrected chi connectivity index (χ1v) is 8.20. The molecule has 2 atom stereocenters. The summed E-state index contributed by atoms with van der Waals surface area (Å²) in [6.45, 7) is 7.42. The lowest BCUT2D eigenvalue weighted by Gasteiger charge is -2.19. The molecule has 2 unspecified atom stereocenters. The van der Waals surface area contributed by atoms with Crippen LogP contribution in [0.1, 0.15) is 64.0 Å². The number of aryl methyl sites for hydroxylation is 1. The molecular weight excluding hydrogens is 250 g/mol. The van der Waals surface area contributed by atoms with E-state index in [1.165, 1.54) is 24.8 Å². The molecule has 4 nitrogen and oxygen atoms in total. The second kappa shape index (κ2) is 8.42. The molecule has 1 saturated heterocycles. The third-order valence-corrected chi connectivity index (χ3v) is 3.95. The van der Waals surface area contributed by atoms with Crippen LogP contribution in [0, 0.1) is 0 Å². The quantitative estimate of drug-likeness (QED) is 0.754. The third kappa shape index (κ3) is 4.60. The molecule has 0 radical (unpaired) electrons. The minimum Gasteiger partial charge on any atom is -0.378 e. The summed E-state index contributed by atoms with van der Waals surface area (Å²) in [7, 11) is 0. The van der Waals surface area contributed by atoms with Gasteiger partial charge in [-0.15, -0.1) is 0 Å². The van der Waals surface area contributed by atoms with E-state index in [9.17, 15) is 0 Å². The molecule has 2 heterocycles. The largest absolute Gasteiger partial charge is 0.378 e. The van der Waals surface area contributed by atoms with Gasteiger partial charge in [-0.1, -0.05) is 13.8 Å². The summed E-state index contributed by atoms with van der Waals surface area (Å²) >= 11 is 0. The van der Waals surface area contributed by atoms with E-state index in [2.05, 4.69) is 35.1 Å². The molecule has 1 aliphatic heterocycles. The molecule has 1 N–H and O–H groups in total. The maximum Gasteiger partial charge on any atom is 0.0576 e. The number of hydrogen-bond donors (Lipinski definition) is 1. The van der Waals surface area contributed by atoms with E-state index < -0.39 is 0 Å². The van der Waals surface area contributed by atoms with Crippen LogP contribution in [-0.2, 0) is 11.3 Å². The van der Waals surface area contributed by atoms with E-state index in [0.29, 0.717) is 12.1 Å². The van der Waals surface area contributed by atoms with Crippen LogP contribution in [0.5, 0.6) is 0 Å². The molecule has 1 fully saturated rings. The zero-order valence-corrected chi connectivity index (χ0v) is 13.0. The second-order valence-electron chi connectivity index (χ2n) is 5.76. The summed E-state index contributed by atoms with van der Waals surface area (Å²) in [5.41, 5.74) is 1.32. The standard InChI is InChI=1S/C16H29N3O/c1-3-9-17-16(8-7-15-6-5-11-20-15)14-12-18-19(13-14)10-4-2/h12-13,15-17H,3-11H2,1-2H3. The van der Waals surface area contributed by atoms with Crippen LogP contribution in [-0.4, -0.2) is 29.0 Å². The van der Waals surface area contributed by atoms with Gasteiger partial charge in [0.05, 0.1) is 12.3 Å². The van der Waals surface area contributed by atoms with Crippen molar-refractivity contribution in [2.75, 3.05) is 13.2 Å². The van der Waals surface area contributed by atoms with E-state index in [4.69, 9.17) is 4.74 Å². The first kappa shape index (κ1) is 15.5. The summed E-state index contributed by atoms with van der Waals surface area (Å²) in [6.07, 6.45) is 11.8. The second-order valence-corrected chi connectivity index (χ2v) is 5.76. The molecule has 0 amide bonds. The Balaban J connectivity index is 1.90. The average molecular weight is 279 g/mol. The molecule has 0 saturated carbocycles. The van der Waals surface area contributed by atoms with Gasteiger partial charge in [0.25, 0.3) is 0 Å². The van der Waals surface area contributed by atoms with Gasteiger partial charge in [-0.25, -0.2) is 0 Å². The molecular formula is C16H29N3O. The van der Waals surface area contributed by atoms with Crippen molar-refractivity contribution in [3.8, 4) is 0 Å². The van der Waals surface area contributed by atoms with E-state index >= 15 is 0 Å². The van der Waals surface area contributed by atoms with Crippen molar-refractivity contribution in [2.45, 2.75) is 71.1 Å². The van der Waals surface area contributed by atoms with E-state index in [-0.39, 0.29) is 0 Å². The van der Waals surface area contributed by atoms with Crippen molar-refractivity contribution in [1.29, 1.82) is 0 Å². The van der Waals surface area contributed by atoms with Gasteiger partial charge in [-0.05, 0) is 45.1 Å². The molecule has 1 aromatic rings. The first-order valence-electron chi connectivity index (χ1n) is 8.20. The van der Waals surface area contributed by atoms with Gasteiger partial charge in [-0.3, -0.25) is 4.68 Å². The van der Waals surface area contributed by atoms with Gasteiger partial charge in [0.1, 0.15) is 0 Å². The van der Waals surface area contributed by atoms with Gasteiger partial charge in [0, 0.05) is 31.0 Å². The van der Waals surface area contributed by atoms with E-state index in [1.54, 1.807) is 0 Å². The molecule has 0 aliphatic carbocycles. The predicted molar refractivity (Wildman–Crippen MR) is 81.8 cm³/mol. The van der Waals surface area contributed by atoms with Gasteiger partial charge in [-0.2, -0.15) is 5.10 Å². The van der Waals surface area contributed by atoms with Crippen LogP contribution in [0.3, 0.4) is 0 Å². The lowest BCUT2D eigenvalue weighted by molar-refractivity contribution is 0.0996. The van der Waals surface area contributed by atoms with Gasteiger partial charge >= 0.3 is 0 Å². The van der Waals surface area contributed by atoms with Crippen LogP contribution in [0.15, 0.2) is 12.4 Å². The summed E-state index contributed by atoms with van der Waals surface area (Å²) in [4.78, 5) is 0. The Morgan fingerprint density at radius 1 is 1.45 bits per heavy atom. The number of hydrogen-bond acceptors (Lipinski definition) is 3. The molecule has 114 valence electrons. The smallest absolute Gasteiger partial charge is 0.0576 e. The number of rotatable bonds is 9. The molecule has 0 bridgehead atoms. The lowest BCUT2D eigenvalue weighted by Crippen LogP contribution is -2.23. The predicted octanol–water partition coefficient (Wildman–Crippen LogP) is 3.29. The molecule has 4 heteroatoms. The summed E-state index contributed by atoms with van der Waals surface area (Å²) in [5, 5.41) is 8.12. The van der Waals surface area contributed by atoms with Crippen molar-refractivity contribution in [1.82, 2.24) is 15.1 Å². The Hall–Kier alpha value is -0.870. The third-order valence-electron chi connectivity index (χ3n) is 3.95. The number of aromatic nitrogens is 2. The van der Waals surface area contributed by atoms with Crippen molar-refractivity contribution in [3.05, 3.63) is 18.0 Å². The number of nitrogens with one attached hydrogen (secondary N) is 1. The van der Waals surface area contributed by atoms with Crippen molar-refractivity contribution < 1.29 is 4.74 Å². The lowest BCUT2D eigenvalue weighted by atomic mass is 10.0. The fourth-order valence-electron chi connectivity index (χ4n) is 2.84. The fraction of sp³-hybridized carbons (Fsp3) is 0.812. The topological polar surface area (TPSA) is 39.1 Å². The minimum atomic E-state index is 0.421. The highest BCUT2D eigenvalue weighted by atomic mass is 16.5. The average Bonchev–Trinajstić information content (AvgIpc) is 3.11. The van der Waals surface area contributed by atoms with Crippen LogP contribution < -0.4 is 5.32 Å². The van der Waals surface area contributed by atoms with Gasteiger partial charge in [0.2, 0.25) is 0 Å². The van der Waals surface area contributed by atoms with Crippen LogP contribution in [0.2, 0.25) is 0 Å². The first-order chi connectivity index (χ1) is 9.83. The highest BCUT2D eigenvalue weighted by Crippen LogP contribution is 2.24. The zero-order valence-electron chi connectivity index (χ0n) is 13.0. The maximum atomic E-state index is 5.74. The Morgan fingerprint density at radius 2 is 2.35 bits per heavy atom. The molecule has 0 aromatic carbocycles. The highest BCUT2D eigenvalue weighted by molar-refractivity contribution is 5.10. The molecule has 1 aromatic heterocycles. The highest BCUT2D eigenvalue weighted by Gasteiger charge is 2.19. The minimum absolute atomic E-state index is 0.421. The van der Waals surface area contributed by atoms with E-state index in [0.717, 1.165) is 39.0 Å². The fourth-order valence-corrected chi connectivity index (χ4v) is 2.84. The van der Waals surface area contributed by atoms with Crippen molar-refractivity contribution >= 4 is 0 Å². The molecule has 20 heavy (non-hydrogen) atoms.